The van der Waals surface area contributed by atoms with E-state index in [0.717, 1.165) is 22.1 Å². The van der Waals surface area contributed by atoms with E-state index in [9.17, 15) is 0 Å². The van der Waals surface area contributed by atoms with Crippen LogP contribution in [-0.2, 0) is 0 Å². The number of rotatable bonds is 5. The van der Waals surface area contributed by atoms with Crippen molar-refractivity contribution in [1.29, 1.82) is 0 Å². The van der Waals surface area contributed by atoms with Gasteiger partial charge in [-0.05, 0) is 19.1 Å². The van der Waals surface area contributed by atoms with Gasteiger partial charge >= 0.3 is 0 Å². The first-order chi connectivity index (χ1) is 7.49. The Labute approximate surface area is 114 Å². The lowest BCUT2D eigenvalue weighted by atomic mass is 10.2. The van der Waals surface area contributed by atoms with Crippen molar-refractivity contribution in [3.8, 4) is 0 Å². The maximum absolute atomic E-state index is 3.88. The van der Waals surface area contributed by atoms with Gasteiger partial charge in [0.25, 0.3) is 0 Å². The average molecular weight is 345 g/mol. The van der Waals surface area contributed by atoms with Gasteiger partial charge in [-0.15, -0.1) is 0 Å². The minimum Gasteiger partial charge on any atom is -0.362 e. The summed E-state index contributed by atoms with van der Waals surface area (Å²) in [7, 11) is 0. The fraction of sp³-hybridized carbons (Fsp3) is 0.231. The molecular formula is C13H15Br2N. The van der Waals surface area contributed by atoms with E-state index < -0.39 is 0 Å². The summed E-state index contributed by atoms with van der Waals surface area (Å²) in [4.78, 5) is 2.20. The molecule has 0 fully saturated rings. The Balaban J connectivity index is 2.86. The van der Waals surface area contributed by atoms with E-state index in [1.807, 2.05) is 0 Å². The molecule has 3 heteroatoms. The van der Waals surface area contributed by atoms with Gasteiger partial charge in [-0.25, -0.2) is 0 Å². The zero-order chi connectivity index (χ0) is 12.1. The highest BCUT2D eigenvalue weighted by atomic mass is 79.9. The van der Waals surface area contributed by atoms with Crippen molar-refractivity contribution < 1.29 is 0 Å². The van der Waals surface area contributed by atoms with Gasteiger partial charge in [0.1, 0.15) is 0 Å². The normalized spacial score (nSPS) is 9.94. The summed E-state index contributed by atoms with van der Waals surface area (Å²) in [6.45, 7) is 11.4. The molecule has 1 nitrogen and oxygen atoms in total. The molecule has 1 aromatic carbocycles. The standard InChI is InChI=1S/C13H15Br2N/c1-10-4-6-13(7-5-10)16(8-11(2)14)9-12(3)15/h4-7H,2-3,8-9H2,1H3. The van der Waals surface area contributed by atoms with Gasteiger partial charge in [-0.3, -0.25) is 0 Å². The van der Waals surface area contributed by atoms with Crippen LogP contribution in [0.5, 0.6) is 0 Å². The van der Waals surface area contributed by atoms with Gasteiger partial charge in [0, 0.05) is 27.7 Å². The highest BCUT2D eigenvalue weighted by Crippen LogP contribution is 2.20. The van der Waals surface area contributed by atoms with Crippen LogP contribution in [0.2, 0.25) is 0 Å². The Morgan fingerprint density at radius 2 is 1.50 bits per heavy atom. The highest BCUT2D eigenvalue weighted by molar-refractivity contribution is 9.12. The van der Waals surface area contributed by atoms with E-state index in [1.165, 1.54) is 11.3 Å². The van der Waals surface area contributed by atoms with Gasteiger partial charge in [0.15, 0.2) is 0 Å². The Morgan fingerprint density at radius 3 is 1.88 bits per heavy atom. The van der Waals surface area contributed by atoms with E-state index in [4.69, 9.17) is 0 Å². The molecule has 0 spiro atoms. The second-order valence-electron chi connectivity index (χ2n) is 3.73. The fourth-order valence-electron chi connectivity index (χ4n) is 1.41. The molecule has 0 amide bonds. The van der Waals surface area contributed by atoms with Crippen LogP contribution in [0.25, 0.3) is 0 Å². The molecule has 0 aromatic heterocycles. The van der Waals surface area contributed by atoms with Gasteiger partial charge in [-0.2, -0.15) is 0 Å². The van der Waals surface area contributed by atoms with Crippen LogP contribution in [0.4, 0.5) is 5.69 Å². The molecule has 0 bridgehead atoms. The molecule has 0 radical (unpaired) electrons. The Kier molecular flexibility index (Phi) is 5.29. The molecule has 0 aliphatic carbocycles. The van der Waals surface area contributed by atoms with Crippen LogP contribution in [0.15, 0.2) is 46.4 Å². The third-order valence-corrected chi connectivity index (χ3v) is 2.63. The molecule has 1 aromatic rings. The van der Waals surface area contributed by atoms with Gasteiger partial charge in [0.2, 0.25) is 0 Å². The number of hydrogen-bond acceptors (Lipinski definition) is 1. The molecule has 0 unspecified atom stereocenters. The number of aryl methyl sites for hydroxylation is 1. The lowest BCUT2D eigenvalue weighted by Crippen LogP contribution is -2.25. The Bertz CT molecular complexity index is 365. The van der Waals surface area contributed by atoms with Crippen molar-refractivity contribution in [2.75, 3.05) is 18.0 Å². The van der Waals surface area contributed by atoms with Crippen LogP contribution in [0, 0.1) is 6.92 Å². The summed E-state index contributed by atoms with van der Waals surface area (Å²) >= 11 is 6.79. The predicted octanol–water partition coefficient (Wildman–Crippen LogP) is 4.62. The van der Waals surface area contributed by atoms with Crippen molar-refractivity contribution >= 4 is 37.5 Å². The molecule has 0 saturated heterocycles. The van der Waals surface area contributed by atoms with Gasteiger partial charge in [-0.1, -0.05) is 62.7 Å². The number of benzene rings is 1. The zero-order valence-electron chi connectivity index (χ0n) is 9.34. The summed E-state index contributed by atoms with van der Waals surface area (Å²) in [6.07, 6.45) is 0. The van der Waals surface area contributed by atoms with Crippen LogP contribution in [0.3, 0.4) is 0 Å². The SMILES string of the molecule is C=C(Br)CN(CC(=C)Br)c1ccc(C)cc1. The number of hydrogen-bond donors (Lipinski definition) is 0. The monoisotopic (exact) mass is 343 g/mol. The minimum atomic E-state index is 0.772. The van der Waals surface area contributed by atoms with Crippen molar-refractivity contribution in [3.63, 3.8) is 0 Å². The largest absolute Gasteiger partial charge is 0.362 e. The van der Waals surface area contributed by atoms with E-state index >= 15 is 0 Å². The second-order valence-corrected chi connectivity index (χ2v) is 5.97. The first kappa shape index (κ1) is 13.5. The molecule has 0 heterocycles. The Morgan fingerprint density at radius 1 is 1.06 bits per heavy atom. The second kappa shape index (κ2) is 6.26. The van der Waals surface area contributed by atoms with E-state index in [1.54, 1.807) is 0 Å². The third-order valence-electron chi connectivity index (χ3n) is 2.12. The van der Waals surface area contributed by atoms with E-state index in [0.29, 0.717) is 0 Å². The fourth-order valence-corrected chi connectivity index (χ4v) is 2.01. The van der Waals surface area contributed by atoms with Crippen LogP contribution >= 0.6 is 31.9 Å². The lowest BCUT2D eigenvalue weighted by molar-refractivity contribution is 0.946. The van der Waals surface area contributed by atoms with E-state index in [2.05, 4.69) is 81.1 Å². The topological polar surface area (TPSA) is 3.24 Å². The molecule has 0 saturated carbocycles. The van der Waals surface area contributed by atoms with Crippen molar-refractivity contribution in [2.45, 2.75) is 6.92 Å². The first-order valence-corrected chi connectivity index (χ1v) is 6.56. The van der Waals surface area contributed by atoms with Gasteiger partial charge in [0.05, 0.1) is 0 Å². The summed E-state index contributed by atoms with van der Waals surface area (Å²) in [6, 6.07) is 8.44. The van der Waals surface area contributed by atoms with Crippen molar-refractivity contribution in [1.82, 2.24) is 0 Å². The Hall–Kier alpha value is -0.540. The van der Waals surface area contributed by atoms with Crippen LogP contribution in [-0.4, -0.2) is 13.1 Å². The molecule has 0 atom stereocenters. The third kappa shape index (κ3) is 4.54. The number of nitrogens with zero attached hydrogens (tertiary/aromatic N) is 1. The zero-order valence-corrected chi connectivity index (χ0v) is 12.5. The summed E-state index contributed by atoms with van der Waals surface area (Å²) in [5.74, 6) is 0. The van der Waals surface area contributed by atoms with Crippen molar-refractivity contribution in [3.05, 3.63) is 52.0 Å². The number of halogens is 2. The smallest absolute Gasteiger partial charge is 0.0493 e. The lowest BCUT2D eigenvalue weighted by Gasteiger charge is -2.24. The van der Waals surface area contributed by atoms with Crippen LogP contribution < -0.4 is 4.90 Å². The van der Waals surface area contributed by atoms with Gasteiger partial charge < -0.3 is 4.90 Å². The molecule has 0 aliphatic heterocycles. The maximum atomic E-state index is 3.88. The molecular weight excluding hydrogens is 330 g/mol. The first-order valence-electron chi connectivity index (χ1n) is 4.97. The number of anilines is 1. The molecule has 0 N–H and O–H groups in total. The predicted molar refractivity (Wildman–Crippen MR) is 79.5 cm³/mol. The van der Waals surface area contributed by atoms with Crippen LogP contribution in [0.1, 0.15) is 5.56 Å². The molecule has 0 aliphatic rings. The quantitative estimate of drug-likeness (QED) is 0.753. The highest BCUT2D eigenvalue weighted by Gasteiger charge is 2.07. The molecule has 16 heavy (non-hydrogen) atoms. The summed E-state index contributed by atoms with van der Waals surface area (Å²) < 4.78 is 1.92. The maximum Gasteiger partial charge on any atom is 0.0493 e. The average Bonchev–Trinajstić information content (AvgIpc) is 2.16. The molecule has 86 valence electrons. The van der Waals surface area contributed by atoms with Crippen molar-refractivity contribution in [2.24, 2.45) is 0 Å². The summed E-state index contributed by atoms with van der Waals surface area (Å²) in [5.41, 5.74) is 2.44. The van der Waals surface area contributed by atoms with E-state index in [-0.39, 0.29) is 0 Å². The molecule has 1 rings (SSSR count). The summed E-state index contributed by atoms with van der Waals surface area (Å²) in [5, 5.41) is 0. The minimum absolute atomic E-state index is 0.772.